The first-order valence-corrected chi connectivity index (χ1v) is 15.7. The van der Waals surface area contributed by atoms with Crippen LogP contribution in [0.15, 0.2) is 78.4 Å². The highest BCUT2D eigenvalue weighted by atomic mass is 35.5. The van der Waals surface area contributed by atoms with Crippen LogP contribution in [-0.4, -0.2) is 24.8 Å². The number of nitrogens with zero attached hydrogens (tertiary/aromatic N) is 1. The van der Waals surface area contributed by atoms with E-state index >= 15 is 0 Å². The molecule has 1 heterocycles. The van der Waals surface area contributed by atoms with Crippen LogP contribution in [0.4, 0.5) is 17.1 Å². The minimum Gasteiger partial charge on any atom is -0.493 e. The van der Waals surface area contributed by atoms with Gasteiger partial charge in [0.1, 0.15) is 11.5 Å². The number of Topliss-reactive ketones (excluding diaryl/α,β-unsaturated/α-hetero) is 2. The number of fused-ring (bicyclic) bond motifs is 3. The second-order valence-electron chi connectivity index (χ2n) is 11.6. The molecule has 224 valence electrons. The number of benzene rings is 4. The fourth-order valence-electron chi connectivity index (χ4n) is 6.05. The molecular weight excluding hydrogens is 593 g/mol. The lowest BCUT2D eigenvalue weighted by atomic mass is 9.73. The highest BCUT2D eigenvalue weighted by Gasteiger charge is 2.38. The number of rotatable bonds is 8. The van der Waals surface area contributed by atoms with Crippen LogP contribution in [0.25, 0.3) is 6.08 Å². The monoisotopic (exact) mass is 625 g/mol. The van der Waals surface area contributed by atoms with Crippen LogP contribution in [0.2, 0.25) is 10.0 Å². The molecular formula is C37H33Cl2NO4. The van der Waals surface area contributed by atoms with Crippen LogP contribution >= 0.6 is 23.2 Å². The molecule has 0 amide bonds. The lowest BCUT2D eigenvalue weighted by Gasteiger charge is -2.42. The summed E-state index contributed by atoms with van der Waals surface area (Å²) in [5.41, 5.74) is 6.19. The van der Waals surface area contributed by atoms with E-state index in [4.69, 9.17) is 32.7 Å². The molecule has 0 bridgehead atoms. The van der Waals surface area contributed by atoms with Crippen molar-refractivity contribution in [2.24, 2.45) is 0 Å². The minimum atomic E-state index is -0.397. The van der Waals surface area contributed by atoms with Gasteiger partial charge in [-0.15, -0.1) is 0 Å². The van der Waals surface area contributed by atoms with E-state index in [9.17, 15) is 9.59 Å². The third kappa shape index (κ3) is 4.98. The van der Waals surface area contributed by atoms with Crippen molar-refractivity contribution in [1.82, 2.24) is 0 Å². The van der Waals surface area contributed by atoms with E-state index in [-0.39, 0.29) is 32.2 Å². The molecule has 0 fully saturated rings. The Morgan fingerprint density at radius 2 is 1.20 bits per heavy atom. The summed E-state index contributed by atoms with van der Waals surface area (Å²) < 4.78 is 12.7. The molecule has 0 saturated carbocycles. The number of ether oxygens (including phenoxy) is 2. The van der Waals surface area contributed by atoms with Gasteiger partial charge in [-0.2, -0.15) is 0 Å². The standard InChI is InChI=1S/C37H33Cl2NO4/c1-5-15-43-33-21-32(40-30-13-9-7-11-26(30)37(3,4)27-12-8-10-14-31(27)40)34(44-16-6-2)18-22(33)17-25-35(41)23-19-28(38)29(39)20-24(23)36(25)42/h7-14,17-21H,5-6,15-16H2,1-4H3. The molecule has 6 rings (SSSR count). The van der Waals surface area contributed by atoms with Crippen molar-refractivity contribution < 1.29 is 19.1 Å². The molecule has 0 N–H and O–H groups in total. The molecule has 5 nitrogen and oxygen atoms in total. The van der Waals surface area contributed by atoms with Gasteiger partial charge in [-0.3, -0.25) is 9.59 Å². The summed E-state index contributed by atoms with van der Waals surface area (Å²) >= 11 is 12.4. The van der Waals surface area contributed by atoms with Gasteiger partial charge in [-0.05, 0) is 60.4 Å². The first-order chi connectivity index (χ1) is 21.2. The Morgan fingerprint density at radius 1 is 0.705 bits per heavy atom. The zero-order valence-corrected chi connectivity index (χ0v) is 26.7. The molecule has 44 heavy (non-hydrogen) atoms. The quantitative estimate of drug-likeness (QED) is 0.144. The zero-order chi connectivity index (χ0) is 31.2. The van der Waals surface area contributed by atoms with E-state index in [2.05, 4.69) is 62.1 Å². The smallest absolute Gasteiger partial charge is 0.197 e. The summed E-state index contributed by atoms with van der Waals surface area (Å²) in [4.78, 5) is 29.1. The number of hydrogen-bond donors (Lipinski definition) is 0. The Bertz CT molecular complexity index is 1750. The molecule has 0 unspecified atom stereocenters. The average Bonchev–Trinajstić information content (AvgIpc) is 3.24. The number of ketones is 2. The van der Waals surface area contributed by atoms with Crippen molar-refractivity contribution in [2.75, 3.05) is 18.1 Å². The number of carbonyl (C=O) groups is 2. The Kier molecular flexibility index (Phi) is 8.04. The van der Waals surface area contributed by atoms with Gasteiger partial charge in [0.2, 0.25) is 0 Å². The molecule has 0 spiro atoms. The fourth-order valence-corrected chi connectivity index (χ4v) is 6.38. The van der Waals surface area contributed by atoms with Gasteiger partial charge in [0.05, 0.1) is 45.9 Å². The lowest BCUT2D eigenvalue weighted by Crippen LogP contribution is -2.30. The third-order valence-corrected chi connectivity index (χ3v) is 8.95. The molecule has 2 aliphatic rings. The predicted octanol–water partition coefficient (Wildman–Crippen LogP) is 10.1. The van der Waals surface area contributed by atoms with Crippen molar-refractivity contribution in [3.05, 3.63) is 116 Å². The summed E-state index contributed by atoms with van der Waals surface area (Å²) in [5.74, 6) is 0.372. The first-order valence-electron chi connectivity index (χ1n) is 14.9. The first kappa shape index (κ1) is 30.0. The highest BCUT2D eigenvalue weighted by molar-refractivity contribution is 6.46. The summed E-state index contributed by atoms with van der Waals surface area (Å²) in [5, 5.41) is 0.453. The van der Waals surface area contributed by atoms with E-state index in [1.807, 2.05) is 31.2 Å². The molecule has 4 aromatic carbocycles. The summed E-state index contributed by atoms with van der Waals surface area (Å²) in [6, 6.07) is 23.6. The summed E-state index contributed by atoms with van der Waals surface area (Å²) in [7, 11) is 0. The van der Waals surface area contributed by atoms with Crippen LogP contribution in [0.3, 0.4) is 0 Å². The zero-order valence-electron chi connectivity index (χ0n) is 25.2. The maximum absolute atomic E-state index is 13.4. The van der Waals surface area contributed by atoms with E-state index < -0.39 is 11.6 Å². The van der Waals surface area contributed by atoms with E-state index in [0.717, 1.165) is 29.9 Å². The number of carbonyl (C=O) groups excluding carboxylic acids is 2. The van der Waals surface area contributed by atoms with Crippen molar-refractivity contribution in [3.8, 4) is 11.5 Å². The number of anilines is 3. The van der Waals surface area contributed by atoms with Gasteiger partial charge >= 0.3 is 0 Å². The van der Waals surface area contributed by atoms with Gasteiger partial charge in [-0.25, -0.2) is 0 Å². The van der Waals surface area contributed by atoms with E-state index in [0.29, 0.717) is 30.3 Å². The number of allylic oxidation sites excluding steroid dienone is 1. The van der Waals surface area contributed by atoms with Crippen molar-refractivity contribution in [2.45, 2.75) is 46.0 Å². The lowest BCUT2D eigenvalue weighted by molar-refractivity contribution is 0.0990. The molecule has 1 aliphatic heterocycles. The molecule has 4 aromatic rings. The van der Waals surface area contributed by atoms with Gasteiger partial charge in [-0.1, -0.05) is 87.3 Å². The second-order valence-corrected chi connectivity index (χ2v) is 12.4. The normalized spacial score (nSPS) is 14.7. The van der Waals surface area contributed by atoms with E-state index in [1.54, 1.807) is 6.08 Å². The molecule has 1 aliphatic carbocycles. The largest absolute Gasteiger partial charge is 0.493 e. The SMILES string of the molecule is CCCOc1cc(N2c3ccccc3C(C)(C)c3ccccc32)c(OCCC)cc1C=C1C(=O)c2cc(Cl)c(Cl)cc2C1=O. The summed E-state index contributed by atoms with van der Waals surface area (Å²) in [6.45, 7) is 9.52. The Hall–Kier alpha value is -4.06. The van der Waals surface area contributed by atoms with Crippen LogP contribution < -0.4 is 14.4 Å². The number of para-hydroxylation sites is 2. The van der Waals surface area contributed by atoms with Crippen LogP contribution in [0.1, 0.15) is 77.9 Å². The maximum atomic E-state index is 13.4. The molecule has 7 heteroatoms. The van der Waals surface area contributed by atoms with Crippen molar-refractivity contribution >= 4 is 57.9 Å². The average molecular weight is 627 g/mol. The maximum Gasteiger partial charge on any atom is 0.197 e. The topological polar surface area (TPSA) is 55.8 Å². The third-order valence-electron chi connectivity index (χ3n) is 8.23. The Labute approximate surface area is 268 Å². The number of hydrogen-bond acceptors (Lipinski definition) is 5. The van der Waals surface area contributed by atoms with Crippen LogP contribution in [0, 0.1) is 0 Å². The molecule has 0 saturated heterocycles. The molecule has 0 aromatic heterocycles. The minimum absolute atomic E-state index is 0.0317. The van der Waals surface area contributed by atoms with Crippen LogP contribution in [-0.2, 0) is 5.41 Å². The number of halogens is 2. The van der Waals surface area contributed by atoms with Gasteiger partial charge in [0.25, 0.3) is 0 Å². The predicted molar refractivity (Wildman–Crippen MR) is 178 cm³/mol. The van der Waals surface area contributed by atoms with Crippen molar-refractivity contribution in [1.29, 1.82) is 0 Å². The van der Waals surface area contributed by atoms with Crippen molar-refractivity contribution in [3.63, 3.8) is 0 Å². The Morgan fingerprint density at radius 3 is 1.73 bits per heavy atom. The Balaban J connectivity index is 1.56. The molecule has 0 atom stereocenters. The second kappa shape index (κ2) is 11.8. The highest BCUT2D eigenvalue weighted by Crippen LogP contribution is 2.54. The van der Waals surface area contributed by atoms with Gasteiger partial charge in [0, 0.05) is 28.2 Å². The van der Waals surface area contributed by atoms with Gasteiger partial charge < -0.3 is 14.4 Å². The molecule has 0 radical (unpaired) electrons. The van der Waals surface area contributed by atoms with E-state index in [1.165, 1.54) is 23.3 Å². The van der Waals surface area contributed by atoms with Crippen LogP contribution in [0.5, 0.6) is 11.5 Å². The van der Waals surface area contributed by atoms with Gasteiger partial charge in [0.15, 0.2) is 11.6 Å². The fraction of sp³-hybridized carbons (Fsp3) is 0.243. The summed E-state index contributed by atoms with van der Waals surface area (Å²) in [6.07, 6.45) is 3.18.